The maximum atomic E-state index is 12.2. The zero-order chi connectivity index (χ0) is 18.4. The number of nitrogens with zero attached hydrogens (tertiary/aromatic N) is 2. The first kappa shape index (κ1) is 28.2. The van der Waals surface area contributed by atoms with Crippen LogP contribution in [0.15, 0.2) is 24.3 Å². The molecule has 0 aliphatic carbocycles. The van der Waals surface area contributed by atoms with Gasteiger partial charge in [0.05, 0.1) is 6.10 Å². The molecule has 0 bridgehead atoms. The van der Waals surface area contributed by atoms with Crippen molar-refractivity contribution in [3.8, 4) is 5.75 Å². The van der Waals surface area contributed by atoms with Gasteiger partial charge in [0.2, 0.25) is 0 Å². The van der Waals surface area contributed by atoms with E-state index in [1.165, 1.54) is 0 Å². The Hall–Kier alpha value is -0.800. The van der Waals surface area contributed by atoms with Crippen molar-refractivity contribution in [3.05, 3.63) is 24.3 Å². The van der Waals surface area contributed by atoms with Crippen molar-refractivity contribution >= 4 is 48.8 Å². The molecule has 0 radical (unpaired) electrons. The lowest BCUT2D eigenvalue weighted by molar-refractivity contribution is -0.126. The number of benzene rings is 1. The number of hydrogen-bond acceptors (Lipinski definition) is 6. The molecular formula is C19H33Cl3N4O3. The normalized spacial score (nSPS) is 22.0. The Morgan fingerprint density at radius 3 is 2.38 bits per heavy atom. The first-order valence-electron chi connectivity index (χ1n) is 9.44. The quantitative estimate of drug-likeness (QED) is 0.633. The molecule has 1 aromatic carbocycles. The third kappa shape index (κ3) is 8.84. The van der Waals surface area contributed by atoms with E-state index in [1.807, 2.05) is 24.3 Å². The first-order valence-corrected chi connectivity index (χ1v) is 9.44. The van der Waals surface area contributed by atoms with Crippen LogP contribution in [-0.2, 0) is 9.53 Å². The number of rotatable bonds is 7. The average Bonchev–Trinajstić information content (AvgIpc) is 3.14. The van der Waals surface area contributed by atoms with Crippen molar-refractivity contribution in [1.82, 2.24) is 9.80 Å². The van der Waals surface area contributed by atoms with Gasteiger partial charge < -0.3 is 25.4 Å². The monoisotopic (exact) mass is 470 g/mol. The van der Waals surface area contributed by atoms with Crippen LogP contribution in [-0.4, -0.2) is 80.8 Å². The molecule has 168 valence electrons. The van der Waals surface area contributed by atoms with Crippen LogP contribution in [0.1, 0.15) is 12.8 Å². The Labute approximate surface area is 191 Å². The number of ether oxygens (including phenoxy) is 2. The van der Waals surface area contributed by atoms with Crippen molar-refractivity contribution in [3.63, 3.8) is 0 Å². The highest BCUT2D eigenvalue weighted by Crippen LogP contribution is 2.21. The maximum absolute atomic E-state index is 12.2. The molecule has 0 spiro atoms. The molecule has 29 heavy (non-hydrogen) atoms. The predicted molar refractivity (Wildman–Crippen MR) is 123 cm³/mol. The number of piperazine rings is 1. The fourth-order valence-corrected chi connectivity index (χ4v) is 3.29. The standard InChI is InChI=1S/C19H30N4O3.3ClH/c1-22-8-10-23(11-9-22)12-13-25-16-4-2-15(3-5-16)21-19(24)18-7-6-17(14-20)26-18;;;/h2-5,17-18H,6-14,20H2,1H3,(H,21,24);3*1H/t17-,18+;;;/m1.../s1. The molecule has 1 amide bonds. The van der Waals surface area contributed by atoms with E-state index in [2.05, 4.69) is 22.2 Å². The molecular weight excluding hydrogens is 439 g/mol. The molecule has 3 rings (SSSR count). The molecule has 0 aromatic heterocycles. The molecule has 2 heterocycles. The number of likely N-dealkylation sites (N-methyl/N-ethyl adjacent to an activating group) is 1. The first-order chi connectivity index (χ1) is 12.6. The molecule has 2 saturated heterocycles. The number of amides is 1. The number of nitrogens with two attached hydrogens (primary N) is 1. The predicted octanol–water partition coefficient (Wildman–Crippen LogP) is 2.02. The van der Waals surface area contributed by atoms with E-state index < -0.39 is 6.10 Å². The van der Waals surface area contributed by atoms with Crippen LogP contribution < -0.4 is 15.8 Å². The largest absolute Gasteiger partial charge is 0.492 e. The summed E-state index contributed by atoms with van der Waals surface area (Å²) in [6.45, 7) is 6.50. The van der Waals surface area contributed by atoms with Gasteiger partial charge in [0, 0.05) is 45.0 Å². The number of carbonyl (C=O) groups excluding carboxylic acids is 1. The van der Waals surface area contributed by atoms with Gasteiger partial charge in [0.25, 0.3) is 5.91 Å². The highest BCUT2D eigenvalue weighted by molar-refractivity contribution is 5.94. The van der Waals surface area contributed by atoms with Gasteiger partial charge in [0.15, 0.2) is 0 Å². The van der Waals surface area contributed by atoms with Crippen molar-refractivity contribution in [1.29, 1.82) is 0 Å². The number of nitrogens with one attached hydrogen (secondary N) is 1. The molecule has 2 aliphatic rings. The van der Waals surface area contributed by atoms with E-state index in [4.69, 9.17) is 15.2 Å². The summed E-state index contributed by atoms with van der Waals surface area (Å²) in [6.07, 6.45) is 1.17. The second-order valence-electron chi connectivity index (χ2n) is 7.07. The van der Waals surface area contributed by atoms with Gasteiger partial charge >= 0.3 is 0 Å². The summed E-state index contributed by atoms with van der Waals surface area (Å²) in [7, 11) is 2.16. The lowest BCUT2D eigenvalue weighted by atomic mass is 10.2. The molecule has 2 fully saturated rings. The van der Waals surface area contributed by atoms with Crippen molar-refractivity contribution in [2.45, 2.75) is 25.0 Å². The van der Waals surface area contributed by atoms with Crippen LogP contribution in [0.2, 0.25) is 0 Å². The van der Waals surface area contributed by atoms with Crippen LogP contribution in [0.3, 0.4) is 0 Å². The zero-order valence-corrected chi connectivity index (χ0v) is 19.2. The number of halogens is 3. The second-order valence-corrected chi connectivity index (χ2v) is 7.07. The highest BCUT2D eigenvalue weighted by atomic mass is 35.5. The van der Waals surface area contributed by atoms with E-state index in [-0.39, 0.29) is 49.2 Å². The number of anilines is 1. The fourth-order valence-electron chi connectivity index (χ4n) is 3.29. The minimum Gasteiger partial charge on any atom is -0.492 e. The number of carbonyl (C=O) groups is 1. The van der Waals surface area contributed by atoms with Gasteiger partial charge in [-0.25, -0.2) is 0 Å². The minimum atomic E-state index is -0.400. The molecule has 0 saturated carbocycles. The number of hydrogen-bond donors (Lipinski definition) is 2. The molecule has 2 aliphatic heterocycles. The van der Waals surface area contributed by atoms with Gasteiger partial charge in [0.1, 0.15) is 18.5 Å². The smallest absolute Gasteiger partial charge is 0.253 e. The Bertz CT molecular complexity index is 587. The maximum Gasteiger partial charge on any atom is 0.253 e. The Morgan fingerprint density at radius 2 is 1.79 bits per heavy atom. The van der Waals surface area contributed by atoms with Crippen LogP contribution >= 0.6 is 37.2 Å². The molecule has 3 N–H and O–H groups in total. The fraction of sp³-hybridized carbons (Fsp3) is 0.632. The third-order valence-electron chi connectivity index (χ3n) is 5.06. The Balaban J connectivity index is 0.00000261. The molecule has 10 heteroatoms. The van der Waals surface area contributed by atoms with E-state index in [9.17, 15) is 4.79 Å². The van der Waals surface area contributed by atoms with Crippen molar-refractivity contribution in [2.75, 3.05) is 58.2 Å². The summed E-state index contributed by atoms with van der Waals surface area (Å²) in [6, 6.07) is 7.49. The molecule has 7 nitrogen and oxygen atoms in total. The van der Waals surface area contributed by atoms with E-state index in [0.29, 0.717) is 13.2 Å². The van der Waals surface area contributed by atoms with E-state index in [1.54, 1.807) is 0 Å². The summed E-state index contributed by atoms with van der Waals surface area (Å²) in [5, 5.41) is 2.89. The summed E-state index contributed by atoms with van der Waals surface area (Å²) in [5.41, 5.74) is 6.33. The topological polar surface area (TPSA) is 80.1 Å². The Kier molecular flexibility index (Phi) is 13.9. The van der Waals surface area contributed by atoms with Gasteiger partial charge in [-0.15, -0.1) is 37.2 Å². The van der Waals surface area contributed by atoms with Gasteiger partial charge in [-0.05, 0) is 44.2 Å². The highest BCUT2D eigenvalue weighted by Gasteiger charge is 2.29. The zero-order valence-electron chi connectivity index (χ0n) is 16.7. The van der Waals surface area contributed by atoms with Crippen molar-refractivity contribution in [2.24, 2.45) is 5.73 Å². The van der Waals surface area contributed by atoms with Gasteiger partial charge in [-0.1, -0.05) is 0 Å². The molecule has 0 unspecified atom stereocenters. The van der Waals surface area contributed by atoms with Crippen LogP contribution in [0, 0.1) is 0 Å². The molecule has 1 aromatic rings. The SMILES string of the molecule is CN1CCN(CCOc2ccc(NC(=O)[C@@H]3CC[C@H](CN)O3)cc2)CC1.Cl.Cl.Cl. The van der Waals surface area contributed by atoms with Crippen molar-refractivity contribution < 1.29 is 14.3 Å². The summed E-state index contributed by atoms with van der Waals surface area (Å²) in [5.74, 6) is 0.710. The minimum absolute atomic E-state index is 0. The average molecular weight is 472 g/mol. The van der Waals surface area contributed by atoms with Gasteiger partial charge in [-0.3, -0.25) is 9.69 Å². The summed E-state index contributed by atoms with van der Waals surface area (Å²) >= 11 is 0. The van der Waals surface area contributed by atoms with Crippen LogP contribution in [0.25, 0.3) is 0 Å². The molecule has 2 atom stereocenters. The van der Waals surface area contributed by atoms with E-state index >= 15 is 0 Å². The van der Waals surface area contributed by atoms with Gasteiger partial charge in [-0.2, -0.15) is 0 Å². The third-order valence-corrected chi connectivity index (χ3v) is 5.06. The Morgan fingerprint density at radius 1 is 1.14 bits per heavy atom. The van der Waals surface area contributed by atoms with E-state index in [0.717, 1.165) is 57.0 Å². The summed E-state index contributed by atoms with van der Waals surface area (Å²) < 4.78 is 11.4. The van der Waals surface area contributed by atoms with Crippen LogP contribution in [0.4, 0.5) is 5.69 Å². The lowest BCUT2D eigenvalue weighted by Gasteiger charge is -2.32. The van der Waals surface area contributed by atoms with Crippen LogP contribution in [0.5, 0.6) is 5.75 Å². The summed E-state index contributed by atoms with van der Waals surface area (Å²) in [4.78, 5) is 17.0. The second kappa shape index (κ2) is 14.2. The lowest BCUT2D eigenvalue weighted by Crippen LogP contribution is -2.45.